The van der Waals surface area contributed by atoms with Gasteiger partial charge in [0.2, 0.25) is 0 Å². The summed E-state index contributed by atoms with van der Waals surface area (Å²) in [5, 5.41) is 3.03. The highest BCUT2D eigenvalue weighted by Crippen LogP contribution is 2.22. The average molecular weight is 182 g/mol. The van der Waals surface area contributed by atoms with Gasteiger partial charge in [0, 0.05) is 20.6 Å². The van der Waals surface area contributed by atoms with Crippen molar-refractivity contribution in [3.8, 4) is 0 Å². The number of halogens is 1. The van der Waals surface area contributed by atoms with E-state index >= 15 is 0 Å². The Morgan fingerprint density at radius 3 is 2.62 bits per heavy atom. The lowest BCUT2D eigenvalue weighted by Gasteiger charge is -2.17. The summed E-state index contributed by atoms with van der Waals surface area (Å²) in [4.78, 5) is 2.00. The number of para-hydroxylation sites is 2. The highest BCUT2D eigenvalue weighted by atomic mass is 19.1. The van der Waals surface area contributed by atoms with E-state index in [1.807, 2.05) is 43.3 Å². The van der Waals surface area contributed by atoms with Crippen LogP contribution in [0.5, 0.6) is 0 Å². The lowest BCUT2D eigenvalue weighted by molar-refractivity contribution is 0.513. The first-order valence-corrected chi connectivity index (χ1v) is 4.32. The highest BCUT2D eigenvalue weighted by Gasteiger charge is 2.01. The highest BCUT2D eigenvalue weighted by molar-refractivity contribution is 5.69. The van der Waals surface area contributed by atoms with Crippen LogP contribution in [0.1, 0.15) is 0 Å². The number of anilines is 2. The Morgan fingerprint density at radius 2 is 2.00 bits per heavy atom. The van der Waals surface area contributed by atoms with Crippen molar-refractivity contribution in [1.29, 1.82) is 0 Å². The lowest BCUT2D eigenvalue weighted by atomic mass is 10.2. The molecule has 0 spiro atoms. The number of hydrogen-bond donors (Lipinski definition) is 1. The van der Waals surface area contributed by atoms with Gasteiger partial charge in [-0.1, -0.05) is 12.1 Å². The van der Waals surface area contributed by atoms with Crippen LogP contribution in [0.25, 0.3) is 0 Å². The molecular weight excluding hydrogens is 167 g/mol. The molecule has 0 aliphatic heterocycles. The average Bonchev–Trinajstić information content (AvgIpc) is 2.15. The summed E-state index contributed by atoms with van der Waals surface area (Å²) in [5.41, 5.74) is 2.06. The van der Waals surface area contributed by atoms with E-state index in [-0.39, 0.29) is 6.67 Å². The summed E-state index contributed by atoms with van der Waals surface area (Å²) < 4.78 is 11.9. The second-order valence-corrected chi connectivity index (χ2v) is 3.03. The zero-order chi connectivity index (χ0) is 9.68. The third kappa shape index (κ3) is 2.61. The van der Waals surface area contributed by atoms with Gasteiger partial charge < -0.3 is 10.2 Å². The first-order valence-electron chi connectivity index (χ1n) is 4.32. The molecule has 0 aromatic heterocycles. The monoisotopic (exact) mass is 182 g/mol. The third-order valence-corrected chi connectivity index (χ3v) is 1.80. The summed E-state index contributed by atoms with van der Waals surface area (Å²) in [5.74, 6) is 0. The summed E-state index contributed by atoms with van der Waals surface area (Å²) in [6.07, 6.45) is 0. The van der Waals surface area contributed by atoms with Crippen LogP contribution in [-0.4, -0.2) is 27.3 Å². The number of nitrogens with one attached hydrogen (secondary N) is 1. The molecule has 0 aliphatic carbocycles. The maximum absolute atomic E-state index is 11.9. The van der Waals surface area contributed by atoms with Crippen LogP contribution in [0.4, 0.5) is 15.8 Å². The van der Waals surface area contributed by atoms with Gasteiger partial charge in [-0.3, -0.25) is 0 Å². The molecule has 72 valence electrons. The molecule has 0 heterocycles. The molecule has 13 heavy (non-hydrogen) atoms. The van der Waals surface area contributed by atoms with Crippen LogP contribution in [0.15, 0.2) is 24.3 Å². The minimum absolute atomic E-state index is 0.345. The van der Waals surface area contributed by atoms with Crippen LogP contribution in [0.2, 0.25) is 0 Å². The predicted molar refractivity (Wildman–Crippen MR) is 55.2 cm³/mol. The number of benzene rings is 1. The van der Waals surface area contributed by atoms with Crippen molar-refractivity contribution in [2.24, 2.45) is 0 Å². The molecule has 0 saturated heterocycles. The fourth-order valence-electron chi connectivity index (χ4n) is 1.20. The second kappa shape index (κ2) is 4.70. The molecule has 0 unspecified atom stereocenters. The summed E-state index contributed by atoms with van der Waals surface area (Å²) in [6, 6.07) is 7.86. The Labute approximate surface area is 78.4 Å². The van der Waals surface area contributed by atoms with Crippen molar-refractivity contribution in [2.75, 3.05) is 37.5 Å². The van der Waals surface area contributed by atoms with Gasteiger partial charge in [0.15, 0.2) is 0 Å². The molecule has 0 saturated carbocycles. The van der Waals surface area contributed by atoms with E-state index in [4.69, 9.17) is 0 Å². The third-order valence-electron chi connectivity index (χ3n) is 1.80. The minimum Gasteiger partial charge on any atom is -0.381 e. The van der Waals surface area contributed by atoms with Crippen LogP contribution in [0.3, 0.4) is 0 Å². The van der Waals surface area contributed by atoms with Gasteiger partial charge in [-0.15, -0.1) is 0 Å². The molecule has 1 aromatic carbocycles. The number of rotatable bonds is 4. The van der Waals surface area contributed by atoms with Crippen molar-refractivity contribution >= 4 is 11.4 Å². The molecule has 3 heteroatoms. The van der Waals surface area contributed by atoms with Crippen molar-refractivity contribution < 1.29 is 4.39 Å². The van der Waals surface area contributed by atoms with E-state index in [2.05, 4.69) is 5.32 Å². The Hall–Kier alpha value is -1.25. The second-order valence-electron chi connectivity index (χ2n) is 3.03. The van der Waals surface area contributed by atoms with Crippen molar-refractivity contribution in [3.05, 3.63) is 24.3 Å². The first-order chi connectivity index (χ1) is 6.25. The van der Waals surface area contributed by atoms with Crippen molar-refractivity contribution in [1.82, 2.24) is 0 Å². The van der Waals surface area contributed by atoms with Gasteiger partial charge in [-0.2, -0.15) is 0 Å². The molecule has 0 atom stereocenters. The molecule has 1 N–H and O–H groups in total. The van der Waals surface area contributed by atoms with Gasteiger partial charge in [-0.25, -0.2) is 4.39 Å². The Kier molecular flexibility index (Phi) is 3.55. The molecule has 0 radical (unpaired) electrons. The Bertz CT molecular complexity index is 261. The molecule has 2 nitrogen and oxygen atoms in total. The number of alkyl halides is 1. The van der Waals surface area contributed by atoms with E-state index in [1.165, 1.54) is 0 Å². The van der Waals surface area contributed by atoms with Gasteiger partial charge in [0.05, 0.1) is 11.4 Å². The van der Waals surface area contributed by atoms with E-state index in [1.54, 1.807) is 0 Å². The zero-order valence-electron chi connectivity index (χ0n) is 8.05. The van der Waals surface area contributed by atoms with Crippen LogP contribution in [0, 0.1) is 0 Å². The van der Waals surface area contributed by atoms with Gasteiger partial charge >= 0.3 is 0 Å². The SMILES string of the molecule is CN(C)c1ccccc1NCCF. The normalized spacial score (nSPS) is 9.77. The fraction of sp³-hybridized carbons (Fsp3) is 0.400. The lowest BCUT2D eigenvalue weighted by Crippen LogP contribution is -2.13. The van der Waals surface area contributed by atoms with E-state index in [9.17, 15) is 4.39 Å². The molecule has 1 rings (SSSR count). The van der Waals surface area contributed by atoms with Crippen LogP contribution < -0.4 is 10.2 Å². The molecule has 0 amide bonds. The quantitative estimate of drug-likeness (QED) is 0.767. The van der Waals surface area contributed by atoms with Crippen molar-refractivity contribution in [2.45, 2.75) is 0 Å². The van der Waals surface area contributed by atoms with E-state index in [0.717, 1.165) is 11.4 Å². The standard InChI is InChI=1S/C10H15FN2/c1-13(2)10-6-4-3-5-9(10)12-8-7-11/h3-6,12H,7-8H2,1-2H3. The van der Waals surface area contributed by atoms with Gasteiger partial charge in [0.25, 0.3) is 0 Å². The molecule has 0 fully saturated rings. The molecular formula is C10H15FN2. The van der Waals surface area contributed by atoms with Gasteiger partial charge in [-0.05, 0) is 12.1 Å². The number of nitrogens with zero attached hydrogens (tertiary/aromatic N) is 1. The maximum atomic E-state index is 11.9. The molecule has 1 aromatic rings. The Balaban J connectivity index is 2.78. The van der Waals surface area contributed by atoms with Gasteiger partial charge in [0.1, 0.15) is 6.67 Å². The smallest absolute Gasteiger partial charge is 0.107 e. The topological polar surface area (TPSA) is 15.3 Å². The first kappa shape index (κ1) is 9.84. The fourth-order valence-corrected chi connectivity index (χ4v) is 1.20. The largest absolute Gasteiger partial charge is 0.381 e. The summed E-state index contributed by atoms with van der Waals surface area (Å²) in [7, 11) is 3.94. The van der Waals surface area contributed by atoms with E-state index in [0.29, 0.717) is 6.54 Å². The minimum atomic E-state index is -0.345. The maximum Gasteiger partial charge on any atom is 0.107 e. The van der Waals surface area contributed by atoms with Crippen LogP contribution in [-0.2, 0) is 0 Å². The zero-order valence-corrected chi connectivity index (χ0v) is 8.05. The predicted octanol–water partition coefficient (Wildman–Crippen LogP) is 2.13. The Morgan fingerprint density at radius 1 is 1.31 bits per heavy atom. The summed E-state index contributed by atoms with van der Waals surface area (Å²) in [6.45, 7) is 0.0205. The molecule has 0 bridgehead atoms. The van der Waals surface area contributed by atoms with E-state index < -0.39 is 0 Å². The van der Waals surface area contributed by atoms with Crippen LogP contribution >= 0.6 is 0 Å². The number of hydrogen-bond acceptors (Lipinski definition) is 2. The summed E-state index contributed by atoms with van der Waals surface area (Å²) >= 11 is 0. The molecule has 0 aliphatic rings. The van der Waals surface area contributed by atoms with Crippen molar-refractivity contribution in [3.63, 3.8) is 0 Å².